The SMILES string of the molecule is CCNC(=NCc1ccn(C)c1)NCC(C)(C)NC(=O)OC(C)(C)C. The summed E-state index contributed by atoms with van der Waals surface area (Å²) in [5.41, 5.74) is 0.149. The topological polar surface area (TPSA) is 79.7 Å². The normalized spacial score (nSPS) is 12.7. The van der Waals surface area contributed by atoms with Gasteiger partial charge in [-0.2, -0.15) is 0 Å². The van der Waals surface area contributed by atoms with Crippen LogP contribution in [0.5, 0.6) is 0 Å². The van der Waals surface area contributed by atoms with E-state index in [9.17, 15) is 4.79 Å². The molecule has 3 N–H and O–H groups in total. The van der Waals surface area contributed by atoms with Gasteiger partial charge in [-0.3, -0.25) is 0 Å². The number of nitrogens with one attached hydrogen (secondary N) is 3. The van der Waals surface area contributed by atoms with Crippen molar-refractivity contribution in [3.63, 3.8) is 0 Å². The number of nitrogens with zero attached hydrogens (tertiary/aromatic N) is 2. The second-order valence-corrected chi connectivity index (χ2v) is 7.74. The van der Waals surface area contributed by atoms with E-state index in [0.29, 0.717) is 19.0 Å². The van der Waals surface area contributed by atoms with Gasteiger partial charge in [-0.05, 0) is 53.2 Å². The summed E-state index contributed by atoms with van der Waals surface area (Å²) in [5.74, 6) is 0.713. The second-order valence-electron chi connectivity index (χ2n) is 7.74. The molecule has 0 aliphatic rings. The van der Waals surface area contributed by atoms with Crippen molar-refractivity contribution in [2.75, 3.05) is 13.1 Å². The standard InChI is InChI=1S/C18H33N5O2/c1-8-19-15(20-11-14-9-10-23(7)12-14)21-13-18(5,6)22-16(24)25-17(2,3)4/h9-10,12H,8,11,13H2,1-7H3,(H,22,24)(H2,19,20,21). The Morgan fingerprint density at radius 1 is 1.24 bits per heavy atom. The van der Waals surface area contributed by atoms with Gasteiger partial charge in [-0.25, -0.2) is 9.79 Å². The highest BCUT2D eigenvalue weighted by Crippen LogP contribution is 2.09. The van der Waals surface area contributed by atoms with Crippen LogP contribution in [0.1, 0.15) is 47.1 Å². The Hall–Kier alpha value is -2.18. The molecule has 0 aliphatic heterocycles. The van der Waals surface area contributed by atoms with Crippen LogP contribution in [-0.4, -0.2) is 40.8 Å². The second kappa shape index (κ2) is 8.78. The highest BCUT2D eigenvalue weighted by Gasteiger charge is 2.24. The molecule has 7 nitrogen and oxygen atoms in total. The minimum Gasteiger partial charge on any atom is -0.444 e. The number of amides is 1. The van der Waals surface area contributed by atoms with E-state index < -0.39 is 17.2 Å². The summed E-state index contributed by atoms with van der Waals surface area (Å²) >= 11 is 0. The first kappa shape index (κ1) is 20.9. The molecule has 0 spiro atoms. The monoisotopic (exact) mass is 351 g/mol. The van der Waals surface area contributed by atoms with Crippen LogP contribution >= 0.6 is 0 Å². The van der Waals surface area contributed by atoms with E-state index in [1.165, 1.54) is 0 Å². The molecule has 0 radical (unpaired) electrons. The van der Waals surface area contributed by atoms with Crippen molar-refractivity contribution in [2.24, 2.45) is 12.0 Å². The summed E-state index contributed by atoms with van der Waals surface area (Å²) in [6.07, 6.45) is 3.62. The van der Waals surface area contributed by atoms with Crippen molar-refractivity contribution >= 4 is 12.1 Å². The van der Waals surface area contributed by atoms with Crippen molar-refractivity contribution in [1.82, 2.24) is 20.5 Å². The number of guanidine groups is 1. The van der Waals surface area contributed by atoms with Gasteiger partial charge < -0.3 is 25.3 Å². The first-order valence-electron chi connectivity index (χ1n) is 8.65. The molecule has 142 valence electrons. The fourth-order valence-corrected chi connectivity index (χ4v) is 2.10. The van der Waals surface area contributed by atoms with Crippen LogP contribution in [0.3, 0.4) is 0 Å². The molecule has 25 heavy (non-hydrogen) atoms. The van der Waals surface area contributed by atoms with Crippen LogP contribution in [0.4, 0.5) is 4.79 Å². The molecule has 1 amide bonds. The molecule has 0 saturated heterocycles. The average Bonchev–Trinajstić information content (AvgIpc) is 2.85. The van der Waals surface area contributed by atoms with Gasteiger partial charge in [0.05, 0.1) is 12.1 Å². The molecule has 0 aromatic carbocycles. The van der Waals surface area contributed by atoms with Crippen LogP contribution in [0.2, 0.25) is 0 Å². The van der Waals surface area contributed by atoms with Gasteiger partial charge in [0.2, 0.25) is 0 Å². The number of carbonyl (C=O) groups excluding carboxylic acids is 1. The summed E-state index contributed by atoms with van der Waals surface area (Å²) < 4.78 is 7.31. The van der Waals surface area contributed by atoms with Gasteiger partial charge in [-0.15, -0.1) is 0 Å². The Bertz CT molecular complexity index is 585. The predicted octanol–water partition coefficient (Wildman–Crippen LogP) is 2.38. The largest absolute Gasteiger partial charge is 0.444 e. The van der Waals surface area contributed by atoms with Crippen molar-refractivity contribution in [2.45, 2.75) is 59.2 Å². The van der Waals surface area contributed by atoms with Gasteiger partial charge in [0.25, 0.3) is 0 Å². The van der Waals surface area contributed by atoms with Crippen molar-refractivity contribution in [3.8, 4) is 0 Å². The van der Waals surface area contributed by atoms with E-state index in [4.69, 9.17) is 4.74 Å². The fraction of sp³-hybridized carbons (Fsp3) is 0.667. The third kappa shape index (κ3) is 9.02. The van der Waals surface area contributed by atoms with E-state index in [1.54, 1.807) is 0 Å². The summed E-state index contributed by atoms with van der Waals surface area (Å²) in [6, 6.07) is 2.04. The van der Waals surface area contributed by atoms with Gasteiger partial charge in [-0.1, -0.05) is 0 Å². The number of hydrogen-bond acceptors (Lipinski definition) is 3. The van der Waals surface area contributed by atoms with E-state index >= 15 is 0 Å². The first-order chi connectivity index (χ1) is 11.5. The number of aliphatic imine (C=N–C) groups is 1. The van der Waals surface area contributed by atoms with Gasteiger partial charge in [0, 0.05) is 32.5 Å². The highest BCUT2D eigenvalue weighted by atomic mass is 16.6. The number of alkyl carbamates (subject to hydrolysis) is 1. The van der Waals surface area contributed by atoms with Crippen LogP contribution in [-0.2, 0) is 18.3 Å². The van der Waals surface area contributed by atoms with E-state index in [-0.39, 0.29) is 0 Å². The lowest BCUT2D eigenvalue weighted by molar-refractivity contribution is 0.0474. The number of aryl methyl sites for hydroxylation is 1. The molecule has 0 unspecified atom stereocenters. The molecule has 0 bridgehead atoms. The smallest absolute Gasteiger partial charge is 0.408 e. The number of ether oxygens (including phenoxy) is 1. The van der Waals surface area contributed by atoms with Crippen molar-refractivity contribution in [1.29, 1.82) is 0 Å². The third-order valence-electron chi connectivity index (χ3n) is 3.19. The molecule has 0 atom stereocenters. The fourth-order valence-electron chi connectivity index (χ4n) is 2.10. The lowest BCUT2D eigenvalue weighted by atomic mass is 10.1. The maximum absolute atomic E-state index is 11.9. The summed E-state index contributed by atoms with van der Waals surface area (Å²) in [6.45, 7) is 13.3. The lowest BCUT2D eigenvalue weighted by Crippen LogP contribution is -2.54. The molecule has 1 heterocycles. The molecule has 0 saturated carbocycles. The van der Waals surface area contributed by atoms with Crippen molar-refractivity contribution in [3.05, 3.63) is 24.0 Å². The molecule has 1 aromatic heterocycles. The van der Waals surface area contributed by atoms with Crippen molar-refractivity contribution < 1.29 is 9.53 Å². The minimum absolute atomic E-state index is 0.425. The molecule has 1 rings (SSSR count). The number of hydrogen-bond donors (Lipinski definition) is 3. The maximum Gasteiger partial charge on any atom is 0.408 e. The zero-order valence-corrected chi connectivity index (χ0v) is 16.6. The van der Waals surface area contributed by atoms with E-state index in [1.807, 2.05) is 71.6 Å². The predicted molar refractivity (Wildman–Crippen MR) is 102 cm³/mol. The summed E-state index contributed by atoms with van der Waals surface area (Å²) in [5, 5.41) is 9.36. The molecule has 0 fully saturated rings. The molecule has 7 heteroatoms. The Labute approximate surface area is 151 Å². The number of aromatic nitrogens is 1. The zero-order chi connectivity index (χ0) is 19.1. The quantitative estimate of drug-likeness (QED) is 0.543. The summed E-state index contributed by atoms with van der Waals surface area (Å²) in [4.78, 5) is 16.5. The van der Waals surface area contributed by atoms with E-state index in [2.05, 4.69) is 20.9 Å². The number of rotatable bonds is 6. The lowest BCUT2D eigenvalue weighted by Gasteiger charge is -2.29. The van der Waals surface area contributed by atoms with Crippen LogP contribution in [0.25, 0.3) is 0 Å². The first-order valence-corrected chi connectivity index (χ1v) is 8.65. The highest BCUT2D eigenvalue weighted by molar-refractivity contribution is 5.80. The van der Waals surface area contributed by atoms with Crippen LogP contribution < -0.4 is 16.0 Å². The number of carbonyl (C=O) groups is 1. The maximum atomic E-state index is 11.9. The molecule has 0 aliphatic carbocycles. The minimum atomic E-state index is -0.514. The van der Waals surface area contributed by atoms with Crippen LogP contribution in [0.15, 0.2) is 23.5 Å². The van der Waals surface area contributed by atoms with Gasteiger partial charge >= 0.3 is 6.09 Å². The zero-order valence-electron chi connectivity index (χ0n) is 16.6. The Morgan fingerprint density at radius 2 is 1.92 bits per heavy atom. The average molecular weight is 351 g/mol. The van der Waals surface area contributed by atoms with E-state index in [0.717, 1.165) is 12.1 Å². The van der Waals surface area contributed by atoms with Gasteiger partial charge in [0.1, 0.15) is 5.60 Å². The third-order valence-corrected chi connectivity index (χ3v) is 3.19. The Balaban J connectivity index is 2.58. The van der Waals surface area contributed by atoms with Gasteiger partial charge in [0.15, 0.2) is 5.96 Å². The molecule has 1 aromatic rings. The summed E-state index contributed by atoms with van der Waals surface area (Å²) in [7, 11) is 1.99. The Morgan fingerprint density at radius 3 is 2.44 bits per heavy atom. The van der Waals surface area contributed by atoms with Crippen LogP contribution in [0, 0.1) is 0 Å². The molecular weight excluding hydrogens is 318 g/mol. The Kier molecular flexibility index (Phi) is 7.33. The molecular formula is C18H33N5O2.